The Bertz CT molecular complexity index is 634. The Hall–Kier alpha value is -0.910. The first-order valence-electron chi connectivity index (χ1n) is 6.53. The van der Waals surface area contributed by atoms with Gasteiger partial charge < -0.3 is 5.32 Å². The second kappa shape index (κ2) is 7.38. The lowest BCUT2D eigenvalue weighted by Crippen LogP contribution is -2.20. The highest BCUT2D eigenvalue weighted by atomic mass is 79.9. The number of halogens is 3. The minimum absolute atomic E-state index is 0.246. The number of benzene rings is 2. The van der Waals surface area contributed by atoms with E-state index in [9.17, 15) is 8.78 Å². The van der Waals surface area contributed by atoms with Crippen molar-refractivity contribution in [1.29, 1.82) is 0 Å². The predicted octanol–water partition coefficient (Wildman–Crippen LogP) is 5.09. The molecule has 1 N–H and O–H groups in total. The van der Waals surface area contributed by atoms with Gasteiger partial charge in [-0.2, -0.15) is 0 Å². The van der Waals surface area contributed by atoms with Crippen LogP contribution in [0.25, 0.3) is 0 Å². The lowest BCUT2D eigenvalue weighted by atomic mass is 10.1. The van der Waals surface area contributed by atoms with Crippen LogP contribution in [-0.4, -0.2) is 12.8 Å². The van der Waals surface area contributed by atoms with Gasteiger partial charge in [-0.25, -0.2) is 8.78 Å². The van der Waals surface area contributed by atoms with Gasteiger partial charge in [0.15, 0.2) is 11.6 Å². The summed E-state index contributed by atoms with van der Waals surface area (Å²) in [5.74, 6) is -0.906. The smallest absolute Gasteiger partial charge is 0.163 e. The molecule has 1 atom stereocenters. The first-order chi connectivity index (χ1) is 10.0. The molecular formula is C16H16BrF2NS. The molecule has 0 aromatic heterocycles. The first kappa shape index (κ1) is 16.5. The molecule has 0 bridgehead atoms. The molecule has 0 aliphatic heterocycles. The van der Waals surface area contributed by atoms with Crippen molar-refractivity contribution in [3.8, 4) is 0 Å². The molecule has 0 aliphatic rings. The summed E-state index contributed by atoms with van der Waals surface area (Å²) in [5, 5.41) is 3.05. The summed E-state index contributed by atoms with van der Waals surface area (Å²) in [4.78, 5) is 1.08. The lowest BCUT2D eigenvalue weighted by molar-refractivity contribution is 0.479. The van der Waals surface area contributed by atoms with Crippen LogP contribution in [0.15, 0.2) is 45.8 Å². The molecule has 0 fully saturated rings. The van der Waals surface area contributed by atoms with E-state index < -0.39 is 11.6 Å². The van der Waals surface area contributed by atoms with Crippen molar-refractivity contribution in [2.45, 2.75) is 17.9 Å². The summed E-state index contributed by atoms with van der Waals surface area (Å²) in [5.41, 5.74) is 0.689. The summed E-state index contributed by atoms with van der Waals surface area (Å²) in [6.07, 6.45) is 0. The van der Waals surface area contributed by atoms with Crippen molar-refractivity contribution in [2.75, 3.05) is 12.8 Å². The molecule has 21 heavy (non-hydrogen) atoms. The van der Waals surface area contributed by atoms with Gasteiger partial charge in [0, 0.05) is 26.7 Å². The van der Waals surface area contributed by atoms with Gasteiger partial charge in [-0.15, -0.1) is 11.8 Å². The fourth-order valence-corrected chi connectivity index (χ4v) is 3.64. The van der Waals surface area contributed by atoms with Gasteiger partial charge in [-0.3, -0.25) is 0 Å². The van der Waals surface area contributed by atoms with Gasteiger partial charge in [0.05, 0.1) is 0 Å². The van der Waals surface area contributed by atoms with Gasteiger partial charge in [-0.05, 0) is 37.7 Å². The molecule has 1 unspecified atom stereocenters. The zero-order valence-corrected chi connectivity index (χ0v) is 14.2. The topological polar surface area (TPSA) is 12.0 Å². The van der Waals surface area contributed by atoms with E-state index in [1.54, 1.807) is 37.9 Å². The number of aryl methyl sites for hydroxylation is 1. The van der Waals surface area contributed by atoms with Crippen LogP contribution < -0.4 is 5.32 Å². The van der Waals surface area contributed by atoms with E-state index in [1.165, 1.54) is 0 Å². The molecule has 0 saturated carbocycles. The van der Waals surface area contributed by atoms with Crippen molar-refractivity contribution >= 4 is 27.7 Å². The zero-order valence-electron chi connectivity index (χ0n) is 11.8. The van der Waals surface area contributed by atoms with E-state index in [2.05, 4.69) is 21.2 Å². The van der Waals surface area contributed by atoms with Gasteiger partial charge in [0.1, 0.15) is 0 Å². The molecule has 0 amide bonds. The van der Waals surface area contributed by atoms with E-state index in [0.717, 1.165) is 9.37 Å². The van der Waals surface area contributed by atoms with Gasteiger partial charge in [0.25, 0.3) is 0 Å². The molecule has 0 saturated heterocycles. The maximum atomic E-state index is 14.1. The van der Waals surface area contributed by atoms with Crippen molar-refractivity contribution in [1.82, 2.24) is 5.32 Å². The standard InChI is InChI=1S/C16H16BrF2NS/c1-10-6-7-13(16(19)15(10)18)14(20-2)9-21-12-5-3-4-11(17)8-12/h3-8,14,20H,9H2,1-2H3. The zero-order chi connectivity index (χ0) is 15.4. The van der Waals surface area contributed by atoms with Crippen LogP contribution in [-0.2, 0) is 0 Å². The van der Waals surface area contributed by atoms with E-state index in [0.29, 0.717) is 16.9 Å². The molecule has 0 heterocycles. The predicted molar refractivity (Wildman–Crippen MR) is 87.8 cm³/mol. The second-order valence-corrected chi connectivity index (χ2v) is 6.72. The Balaban J connectivity index is 2.15. The van der Waals surface area contributed by atoms with Crippen LogP contribution in [0.4, 0.5) is 8.78 Å². The minimum Gasteiger partial charge on any atom is -0.312 e. The fraction of sp³-hybridized carbons (Fsp3) is 0.250. The van der Waals surface area contributed by atoms with E-state index in [1.807, 2.05) is 24.3 Å². The van der Waals surface area contributed by atoms with Crippen LogP contribution in [0, 0.1) is 18.6 Å². The molecule has 5 heteroatoms. The third-order valence-electron chi connectivity index (χ3n) is 3.24. The Morgan fingerprint density at radius 1 is 1.19 bits per heavy atom. The highest BCUT2D eigenvalue weighted by Gasteiger charge is 2.18. The number of thioether (sulfide) groups is 1. The summed E-state index contributed by atoms with van der Waals surface area (Å²) >= 11 is 5.02. The first-order valence-corrected chi connectivity index (χ1v) is 8.31. The summed E-state index contributed by atoms with van der Waals surface area (Å²) in [6.45, 7) is 1.56. The third kappa shape index (κ3) is 4.05. The number of rotatable bonds is 5. The maximum Gasteiger partial charge on any atom is 0.163 e. The summed E-state index contributed by atoms with van der Waals surface area (Å²) in [6, 6.07) is 10.9. The van der Waals surface area contributed by atoms with Crippen molar-refractivity contribution in [3.63, 3.8) is 0 Å². The Morgan fingerprint density at radius 3 is 2.62 bits per heavy atom. The Morgan fingerprint density at radius 2 is 1.95 bits per heavy atom. The van der Waals surface area contributed by atoms with Crippen LogP contribution in [0.1, 0.15) is 17.2 Å². The Labute approximate surface area is 136 Å². The van der Waals surface area contributed by atoms with Crippen molar-refractivity contribution in [2.24, 2.45) is 0 Å². The Kier molecular flexibility index (Phi) is 5.79. The summed E-state index contributed by atoms with van der Waals surface area (Å²) in [7, 11) is 1.75. The van der Waals surface area contributed by atoms with E-state index in [4.69, 9.17) is 0 Å². The highest BCUT2D eigenvalue weighted by molar-refractivity contribution is 9.10. The fourth-order valence-electron chi connectivity index (χ4n) is 2.00. The average molecular weight is 372 g/mol. The van der Waals surface area contributed by atoms with Crippen LogP contribution in [0.3, 0.4) is 0 Å². The number of hydrogen-bond acceptors (Lipinski definition) is 2. The van der Waals surface area contributed by atoms with Crippen LogP contribution >= 0.6 is 27.7 Å². The molecule has 0 aliphatic carbocycles. The van der Waals surface area contributed by atoms with Crippen molar-refractivity contribution < 1.29 is 8.78 Å². The van der Waals surface area contributed by atoms with E-state index in [-0.39, 0.29) is 6.04 Å². The van der Waals surface area contributed by atoms with E-state index >= 15 is 0 Å². The minimum atomic E-state index is -0.764. The maximum absolute atomic E-state index is 14.1. The largest absolute Gasteiger partial charge is 0.312 e. The third-order valence-corrected chi connectivity index (χ3v) is 4.82. The number of hydrogen-bond donors (Lipinski definition) is 1. The molecule has 2 aromatic rings. The van der Waals surface area contributed by atoms with Gasteiger partial charge in [0.2, 0.25) is 0 Å². The molecule has 112 valence electrons. The van der Waals surface area contributed by atoms with Gasteiger partial charge >= 0.3 is 0 Å². The van der Waals surface area contributed by atoms with Gasteiger partial charge in [-0.1, -0.05) is 34.1 Å². The van der Waals surface area contributed by atoms with Crippen LogP contribution in [0.5, 0.6) is 0 Å². The monoisotopic (exact) mass is 371 g/mol. The van der Waals surface area contributed by atoms with Crippen molar-refractivity contribution in [3.05, 3.63) is 63.6 Å². The molecule has 2 rings (SSSR count). The molecule has 0 radical (unpaired) electrons. The molecule has 0 spiro atoms. The quantitative estimate of drug-likeness (QED) is 0.734. The number of nitrogens with one attached hydrogen (secondary N) is 1. The molecular weight excluding hydrogens is 356 g/mol. The van der Waals surface area contributed by atoms with Crippen LogP contribution in [0.2, 0.25) is 0 Å². The average Bonchev–Trinajstić information content (AvgIpc) is 2.47. The normalized spacial score (nSPS) is 12.4. The SMILES string of the molecule is CNC(CSc1cccc(Br)c1)c1ccc(C)c(F)c1F. The lowest BCUT2D eigenvalue weighted by Gasteiger charge is -2.18. The summed E-state index contributed by atoms with van der Waals surface area (Å²) < 4.78 is 28.7. The molecule has 2 aromatic carbocycles. The highest BCUT2D eigenvalue weighted by Crippen LogP contribution is 2.29. The second-order valence-electron chi connectivity index (χ2n) is 4.71. The molecule has 1 nitrogen and oxygen atoms in total.